The molecule has 19 heavy (non-hydrogen) atoms. The lowest BCUT2D eigenvalue weighted by Gasteiger charge is -2.29. The van der Waals surface area contributed by atoms with Crippen LogP contribution in [0.25, 0.3) is 0 Å². The SMILES string of the molecule is CCC1CCC(CNC(CC)c2ccccc2)CC1. The Bertz CT molecular complexity index is 338. The van der Waals surface area contributed by atoms with Gasteiger partial charge in [-0.25, -0.2) is 0 Å². The van der Waals surface area contributed by atoms with Crippen LogP contribution in [0, 0.1) is 11.8 Å². The second-order valence-corrected chi connectivity index (χ2v) is 6.07. The summed E-state index contributed by atoms with van der Waals surface area (Å²) in [6, 6.07) is 11.4. The molecule has 0 saturated heterocycles. The highest BCUT2D eigenvalue weighted by Crippen LogP contribution is 2.30. The van der Waals surface area contributed by atoms with Gasteiger partial charge in [0.15, 0.2) is 0 Å². The lowest BCUT2D eigenvalue weighted by Crippen LogP contribution is -2.29. The van der Waals surface area contributed by atoms with Crippen molar-refractivity contribution >= 4 is 0 Å². The van der Waals surface area contributed by atoms with Crippen LogP contribution in [0.4, 0.5) is 0 Å². The summed E-state index contributed by atoms with van der Waals surface area (Å²) >= 11 is 0. The van der Waals surface area contributed by atoms with Crippen LogP contribution in [0.1, 0.15) is 64.0 Å². The number of nitrogens with one attached hydrogen (secondary N) is 1. The van der Waals surface area contributed by atoms with Crippen molar-refractivity contribution in [2.75, 3.05) is 6.54 Å². The summed E-state index contributed by atoms with van der Waals surface area (Å²) in [5.41, 5.74) is 1.44. The molecule has 1 N–H and O–H groups in total. The Morgan fingerprint density at radius 1 is 1.00 bits per heavy atom. The molecule has 1 aromatic rings. The zero-order valence-corrected chi connectivity index (χ0v) is 12.6. The summed E-state index contributed by atoms with van der Waals surface area (Å²) in [6.45, 7) is 5.81. The van der Waals surface area contributed by atoms with Crippen LogP contribution in [-0.2, 0) is 0 Å². The summed E-state index contributed by atoms with van der Waals surface area (Å²) < 4.78 is 0. The highest BCUT2D eigenvalue weighted by molar-refractivity contribution is 5.18. The van der Waals surface area contributed by atoms with E-state index in [1.807, 2.05) is 0 Å². The van der Waals surface area contributed by atoms with Gasteiger partial charge in [0.25, 0.3) is 0 Å². The van der Waals surface area contributed by atoms with Crippen molar-refractivity contribution in [3.05, 3.63) is 35.9 Å². The van der Waals surface area contributed by atoms with Crippen molar-refractivity contribution in [2.24, 2.45) is 11.8 Å². The van der Waals surface area contributed by atoms with Gasteiger partial charge in [-0.05, 0) is 43.2 Å². The van der Waals surface area contributed by atoms with Crippen molar-refractivity contribution in [2.45, 2.75) is 58.4 Å². The van der Waals surface area contributed by atoms with Gasteiger partial charge in [0.2, 0.25) is 0 Å². The molecule has 106 valence electrons. The van der Waals surface area contributed by atoms with Gasteiger partial charge < -0.3 is 5.32 Å². The van der Waals surface area contributed by atoms with Crippen molar-refractivity contribution in [3.63, 3.8) is 0 Å². The fourth-order valence-electron chi connectivity index (χ4n) is 3.34. The molecule has 1 aliphatic rings. The summed E-state index contributed by atoms with van der Waals surface area (Å²) in [6.07, 6.45) is 8.31. The van der Waals surface area contributed by atoms with Gasteiger partial charge in [-0.1, -0.05) is 63.4 Å². The Balaban J connectivity index is 1.78. The molecule has 1 fully saturated rings. The third-order valence-electron chi connectivity index (χ3n) is 4.81. The van der Waals surface area contributed by atoms with Gasteiger partial charge in [-0.2, -0.15) is 0 Å². The highest BCUT2D eigenvalue weighted by Gasteiger charge is 2.20. The van der Waals surface area contributed by atoms with Crippen LogP contribution in [0.2, 0.25) is 0 Å². The zero-order valence-electron chi connectivity index (χ0n) is 12.6. The highest BCUT2D eigenvalue weighted by atomic mass is 14.9. The quantitative estimate of drug-likeness (QED) is 0.762. The average molecular weight is 259 g/mol. The molecule has 1 saturated carbocycles. The topological polar surface area (TPSA) is 12.0 Å². The molecule has 0 radical (unpaired) electrons. The maximum Gasteiger partial charge on any atom is 0.0317 e. The molecule has 0 aliphatic heterocycles. The van der Waals surface area contributed by atoms with Crippen molar-refractivity contribution in [1.82, 2.24) is 5.32 Å². The Morgan fingerprint density at radius 2 is 1.63 bits per heavy atom. The van der Waals surface area contributed by atoms with Crippen molar-refractivity contribution in [3.8, 4) is 0 Å². The number of hydrogen-bond acceptors (Lipinski definition) is 1. The molecule has 0 aromatic heterocycles. The van der Waals surface area contributed by atoms with Gasteiger partial charge in [-0.3, -0.25) is 0 Å². The summed E-state index contributed by atoms with van der Waals surface area (Å²) in [5.74, 6) is 1.91. The molecule has 1 nitrogen and oxygen atoms in total. The first-order chi connectivity index (χ1) is 9.33. The Morgan fingerprint density at radius 3 is 2.21 bits per heavy atom. The van der Waals surface area contributed by atoms with Gasteiger partial charge in [0, 0.05) is 6.04 Å². The minimum Gasteiger partial charge on any atom is -0.310 e. The lowest BCUT2D eigenvalue weighted by atomic mass is 9.81. The summed E-state index contributed by atoms with van der Waals surface area (Å²) in [7, 11) is 0. The van der Waals surface area contributed by atoms with Gasteiger partial charge in [0.05, 0.1) is 0 Å². The summed E-state index contributed by atoms with van der Waals surface area (Å²) in [4.78, 5) is 0. The molecule has 1 heteroatoms. The molecule has 1 atom stereocenters. The molecular weight excluding hydrogens is 230 g/mol. The smallest absolute Gasteiger partial charge is 0.0317 e. The second-order valence-electron chi connectivity index (χ2n) is 6.07. The molecule has 1 aliphatic carbocycles. The molecule has 1 unspecified atom stereocenters. The molecule has 0 amide bonds. The van der Waals surface area contributed by atoms with E-state index in [4.69, 9.17) is 0 Å². The molecule has 0 spiro atoms. The van der Waals surface area contributed by atoms with Gasteiger partial charge in [0.1, 0.15) is 0 Å². The van der Waals surface area contributed by atoms with Crippen molar-refractivity contribution in [1.29, 1.82) is 0 Å². The fraction of sp³-hybridized carbons (Fsp3) is 0.667. The van der Waals surface area contributed by atoms with Gasteiger partial charge >= 0.3 is 0 Å². The Labute approximate surface area is 118 Å². The largest absolute Gasteiger partial charge is 0.310 e. The van der Waals surface area contributed by atoms with E-state index >= 15 is 0 Å². The predicted octanol–water partition coefficient (Wildman–Crippen LogP) is 4.94. The third kappa shape index (κ3) is 4.35. The molecular formula is C18H29N. The minimum atomic E-state index is 0.532. The van der Waals surface area contributed by atoms with E-state index < -0.39 is 0 Å². The zero-order chi connectivity index (χ0) is 13.5. The maximum atomic E-state index is 3.79. The van der Waals surface area contributed by atoms with E-state index in [1.54, 1.807) is 0 Å². The van der Waals surface area contributed by atoms with E-state index in [0.29, 0.717) is 6.04 Å². The Hall–Kier alpha value is -0.820. The van der Waals surface area contributed by atoms with Crippen LogP contribution in [-0.4, -0.2) is 6.54 Å². The van der Waals surface area contributed by atoms with Crippen LogP contribution in [0.15, 0.2) is 30.3 Å². The van der Waals surface area contributed by atoms with E-state index in [9.17, 15) is 0 Å². The Kier molecular flexibility index (Phi) is 5.91. The second kappa shape index (κ2) is 7.69. The normalized spacial score (nSPS) is 25.2. The van der Waals surface area contributed by atoms with E-state index in [-0.39, 0.29) is 0 Å². The van der Waals surface area contributed by atoms with E-state index in [0.717, 1.165) is 11.8 Å². The number of hydrogen-bond donors (Lipinski definition) is 1. The average Bonchev–Trinajstić information content (AvgIpc) is 2.49. The van der Waals surface area contributed by atoms with Crippen LogP contribution < -0.4 is 5.32 Å². The fourth-order valence-corrected chi connectivity index (χ4v) is 3.34. The number of rotatable bonds is 6. The number of benzene rings is 1. The first-order valence-electron chi connectivity index (χ1n) is 8.11. The minimum absolute atomic E-state index is 0.532. The van der Waals surface area contributed by atoms with Crippen LogP contribution in [0.5, 0.6) is 0 Å². The first kappa shape index (κ1) is 14.6. The van der Waals surface area contributed by atoms with E-state index in [2.05, 4.69) is 49.5 Å². The van der Waals surface area contributed by atoms with Gasteiger partial charge in [-0.15, -0.1) is 0 Å². The maximum absolute atomic E-state index is 3.79. The van der Waals surface area contributed by atoms with Crippen LogP contribution >= 0.6 is 0 Å². The molecule has 2 rings (SSSR count). The lowest BCUT2D eigenvalue weighted by molar-refractivity contribution is 0.256. The summed E-state index contributed by atoms with van der Waals surface area (Å²) in [5, 5.41) is 3.79. The molecule has 1 aromatic carbocycles. The molecule has 0 bridgehead atoms. The molecule has 0 heterocycles. The van der Waals surface area contributed by atoms with Crippen molar-refractivity contribution < 1.29 is 0 Å². The predicted molar refractivity (Wildman–Crippen MR) is 83.2 cm³/mol. The first-order valence-corrected chi connectivity index (χ1v) is 8.11. The van der Waals surface area contributed by atoms with E-state index in [1.165, 1.54) is 50.6 Å². The standard InChI is InChI=1S/C18H29N/c1-3-15-10-12-16(13-11-15)14-19-18(4-2)17-8-6-5-7-9-17/h5-9,15-16,18-19H,3-4,10-14H2,1-2H3. The third-order valence-corrected chi connectivity index (χ3v) is 4.81. The van der Waals surface area contributed by atoms with Crippen LogP contribution in [0.3, 0.4) is 0 Å². The monoisotopic (exact) mass is 259 g/mol.